The van der Waals surface area contributed by atoms with Crippen LogP contribution >= 0.6 is 11.6 Å². The van der Waals surface area contributed by atoms with Gasteiger partial charge < -0.3 is 10.4 Å². The molecule has 0 radical (unpaired) electrons. The lowest BCUT2D eigenvalue weighted by molar-refractivity contribution is 0.0923. The fourth-order valence-electron chi connectivity index (χ4n) is 4.64. The molecule has 0 aliphatic heterocycles. The third kappa shape index (κ3) is 7.02. The maximum absolute atomic E-state index is 14.8. The van der Waals surface area contributed by atoms with Crippen molar-refractivity contribution in [1.29, 1.82) is 5.26 Å². The third-order valence-electron chi connectivity index (χ3n) is 7.00. The van der Waals surface area contributed by atoms with Gasteiger partial charge in [0.15, 0.2) is 5.78 Å². The Kier molecular flexibility index (Phi) is 9.84. The number of pyridine rings is 1. The topological polar surface area (TPSA) is 89.2 Å². The summed E-state index contributed by atoms with van der Waals surface area (Å²) in [6.07, 6.45) is 3.78. The van der Waals surface area contributed by atoms with Crippen LogP contribution < -0.4 is 5.32 Å². The van der Waals surface area contributed by atoms with Crippen LogP contribution in [-0.2, 0) is 6.54 Å². The van der Waals surface area contributed by atoms with Gasteiger partial charge in [0.1, 0.15) is 11.9 Å². The van der Waals surface area contributed by atoms with E-state index in [9.17, 15) is 19.6 Å². The molecule has 206 valence electrons. The summed E-state index contributed by atoms with van der Waals surface area (Å²) in [7, 11) is 0. The van der Waals surface area contributed by atoms with E-state index in [0.717, 1.165) is 34.9 Å². The molecule has 0 spiro atoms. The van der Waals surface area contributed by atoms with Gasteiger partial charge in [-0.2, -0.15) is 5.26 Å². The Balaban J connectivity index is 1.71. The van der Waals surface area contributed by atoms with Gasteiger partial charge >= 0.3 is 0 Å². The summed E-state index contributed by atoms with van der Waals surface area (Å²) in [5, 5.41) is 23.1. The van der Waals surface area contributed by atoms with Crippen molar-refractivity contribution in [2.75, 3.05) is 25.0 Å². The number of hydrogen-bond acceptors (Lipinski definition) is 6. The van der Waals surface area contributed by atoms with E-state index in [1.54, 1.807) is 12.1 Å². The number of carbonyl (C=O) groups excluding carboxylic acids is 1. The van der Waals surface area contributed by atoms with Crippen LogP contribution in [0, 0.1) is 31.0 Å². The number of unbranched alkanes of at least 4 members (excludes halogenated alkanes) is 2. The van der Waals surface area contributed by atoms with Gasteiger partial charge in [-0.25, -0.2) is 4.39 Å². The normalized spacial score (nSPS) is 11.1. The number of aromatic nitrogens is 1. The van der Waals surface area contributed by atoms with Crippen molar-refractivity contribution < 1.29 is 14.3 Å². The highest BCUT2D eigenvalue weighted by Crippen LogP contribution is 2.34. The van der Waals surface area contributed by atoms with E-state index in [1.807, 2.05) is 49.1 Å². The zero-order chi connectivity index (χ0) is 28.6. The average Bonchev–Trinajstić information content (AvgIpc) is 2.95. The fraction of sp³-hybridized carbons (Fsp3) is 0.281. The number of rotatable bonds is 12. The first-order valence-corrected chi connectivity index (χ1v) is 13.6. The Morgan fingerprint density at radius 3 is 2.58 bits per heavy atom. The van der Waals surface area contributed by atoms with Crippen LogP contribution in [0.1, 0.15) is 51.9 Å². The zero-order valence-corrected chi connectivity index (χ0v) is 23.4. The van der Waals surface area contributed by atoms with Gasteiger partial charge in [0.25, 0.3) is 0 Å². The number of carbonyl (C=O) groups is 1. The first-order valence-electron chi connectivity index (χ1n) is 13.3. The second-order valence-electron chi connectivity index (χ2n) is 9.94. The van der Waals surface area contributed by atoms with Crippen LogP contribution in [-0.4, -0.2) is 40.5 Å². The number of aliphatic hydroxyl groups is 1. The van der Waals surface area contributed by atoms with E-state index < -0.39 is 5.82 Å². The second kappa shape index (κ2) is 13.5. The van der Waals surface area contributed by atoms with E-state index in [-0.39, 0.29) is 30.5 Å². The number of benzene rings is 3. The molecule has 0 aliphatic rings. The Morgan fingerprint density at radius 1 is 1.10 bits per heavy atom. The summed E-state index contributed by atoms with van der Waals surface area (Å²) in [5.41, 5.74) is 5.54. The lowest BCUT2D eigenvalue weighted by Gasteiger charge is -2.24. The summed E-state index contributed by atoms with van der Waals surface area (Å²) < 4.78 is 14.8. The van der Waals surface area contributed by atoms with Gasteiger partial charge in [-0.3, -0.25) is 14.7 Å². The molecule has 4 aromatic rings. The monoisotopic (exact) mass is 558 g/mol. The molecule has 0 unspecified atom stereocenters. The number of ketones is 1. The Bertz CT molecular complexity index is 1550. The van der Waals surface area contributed by atoms with Crippen molar-refractivity contribution in [1.82, 2.24) is 9.88 Å². The van der Waals surface area contributed by atoms with Crippen molar-refractivity contribution in [2.24, 2.45) is 0 Å². The van der Waals surface area contributed by atoms with Crippen LogP contribution in [0.5, 0.6) is 0 Å². The van der Waals surface area contributed by atoms with Crippen LogP contribution in [0.4, 0.5) is 15.8 Å². The van der Waals surface area contributed by atoms with Crippen molar-refractivity contribution >= 4 is 39.7 Å². The molecule has 40 heavy (non-hydrogen) atoms. The largest absolute Gasteiger partial charge is 0.396 e. The molecule has 0 saturated carbocycles. The maximum Gasteiger partial charge on any atom is 0.176 e. The number of aryl methyl sites for hydroxylation is 2. The first kappa shape index (κ1) is 29.2. The number of nitriles is 1. The van der Waals surface area contributed by atoms with Gasteiger partial charge in [-0.15, -0.1) is 0 Å². The number of nitrogens with one attached hydrogen (secondary N) is 1. The number of aliphatic hydroxyl groups excluding tert-OH is 1. The molecule has 1 aromatic heterocycles. The third-order valence-corrected chi connectivity index (χ3v) is 7.29. The minimum Gasteiger partial charge on any atom is -0.396 e. The number of nitrogens with zero attached hydrogens (tertiary/aromatic N) is 3. The van der Waals surface area contributed by atoms with Crippen molar-refractivity contribution in [3.63, 3.8) is 0 Å². The van der Waals surface area contributed by atoms with E-state index in [1.165, 1.54) is 18.3 Å². The van der Waals surface area contributed by atoms with Crippen LogP contribution in [0.3, 0.4) is 0 Å². The molecule has 0 amide bonds. The number of anilines is 2. The predicted octanol–water partition coefficient (Wildman–Crippen LogP) is 7.11. The lowest BCUT2D eigenvalue weighted by atomic mass is 10.0. The molecule has 2 N–H and O–H groups in total. The molecular formula is C32H32ClFN4O2. The van der Waals surface area contributed by atoms with Crippen molar-refractivity contribution in [3.05, 3.63) is 99.5 Å². The smallest absolute Gasteiger partial charge is 0.176 e. The van der Waals surface area contributed by atoms with E-state index in [0.29, 0.717) is 41.0 Å². The van der Waals surface area contributed by atoms with E-state index >= 15 is 0 Å². The summed E-state index contributed by atoms with van der Waals surface area (Å²) in [5.74, 6) is -0.604. The summed E-state index contributed by atoms with van der Waals surface area (Å²) in [4.78, 5) is 19.5. The highest BCUT2D eigenvalue weighted by atomic mass is 35.5. The lowest BCUT2D eigenvalue weighted by Crippen LogP contribution is -2.31. The maximum atomic E-state index is 14.8. The van der Waals surface area contributed by atoms with E-state index in [4.69, 9.17) is 11.6 Å². The molecule has 0 saturated heterocycles. The molecule has 0 bridgehead atoms. The summed E-state index contributed by atoms with van der Waals surface area (Å²) in [6, 6.07) is 18.1. The van der Waals surface area contributed by atoms with Crippen LogP contribution in [0.2, 0.25) is 5.02 Å². The van der Waals surface area contributed by atoms with Gasteiger partial charge in [0.05, 0.1) is 28.3 Å². The molecular weight excluding hydrogens is 527 g/mol. The predicted molar refractivity (Wildman–Crippen MR) is 158 cm³/mol. The van der Waals surface area contributed by atoms with Crippen LogP contribution in [0.15, 0.2) is 60.8 Å². The first-order chi connectivity index (χ1) is 19.3. The van der Waals surface area contributed by atoms with Crippen molar-refractivity contribution in [3.8, 4) is 6.07 Å². The molecule has 0 fully saturated rings. The Hall–Kier alpha value is -3.83. The van der Waals surface area contributed by atoms with E-state index in [2.05, 4.69) is 16.4 Å². The molecule has 4 rings (SSSR count). The average molecular weight is 559 g/mol. The molecule has 1 heterocycles. The number of hydrogen-bond donors (Lipinski definition) is 2. The second-order valence-corrected chi connectivity index (χ2v) is 10.4. The number of Topliss-reactive ketones (excluding diaryl/α,β-unsaturated/α-hetero) is 1. The van der Waals surface area contributed by atoms with Gasteiger partial charge in [-0.05, 0) is 80.6 Å². The standard InChI is InChI=1S/C32H32ClFN4O2/c1-21-13-26-30(14-22(21)2)36-18-25(17-35)32(26)37-29-16-27(33)28(34)15-24(29)19-38(11-7-4-8-12-39)20-31(40)23-9-5-3-6-10-23/h3,5-6,9-10,13-16,18,39H,4,7-8,11-12,19-20H2,1-2H3,(H,36,37). The SMILES string of the molecule is Cc1cc2ncc(C#N)c(Nc3cc(Cl)c(F)cc3CN(CCCCCO)CC(=O)c3ccccc3)c2cc1C. The minimum absolute atomic E-state index is 0.0376. The summed E-state index contributed by atoms with van der Waals surface area (Å²) >= 11 is 6.23. The molecule has 3 aromatic carbocycles. The quantitative estimate of drug-likeness (QED) is 0.142. The minimum atomic E-state index is -0.566. The molecule has 8 heteroatoms. The molecule has 0 atom stereocenters. The molecule has 0 aliphatic carbocycles. The zero-order valence-electron chi connectivity index (χ0n) is 22.7. The van der Waals surface area contributed by atoms with Gasteiger partial charge in [0.2, 0.25) is 0 Å². The fourth-order valence-corrected chi connectivity index (χ4v) is 4.80. The number of halogens is 2. The van der Waals surface area contributed by atoms with Gasteiger partial charge in [-0.1, -0.05) is 41.9 Å². The molecule has 6 nitrogen and oxygen atoms in total. The van der Waals surface area contributed by atoms with Gasteiger partial charge in [0, 0.05) is 36.0 Å². The Labute approximate surface area is 239 Å². The highest BCUT2D eigenvalue weighted by molar-refractivity contribution is 6.31. The Morgan fingerprint density at radius 2 is 1.85 bits per heavy atom. The van der Waals surface area contributed by atoms with Crippen molar-refractivity contribution in [2.45, 2.75) is 39.7 Å². The summed E-state index contributed by atoms with van der Waals surface area (Å²) in [6.45, 7) is 5.12. The number of fused-ring (bicyclic) bond motifs is 1. The van der Waals surface area contributed by atoms with Crippen LogP contribution in [0.25, 0.3) is 10.9 Å². The highest BCUT2D eigenvalue weighted by Gasteiger charge is 2.19.